The van der Waals surface area contributed by atoms with Gasteiger partial charge in [-0.25, -0.2) is 0 Å². The SMILES string of the molecule is CCCCCCCC1C(=O)Nc2ccc(Cl)cc21. The molecule has 1 amide bonds. The van der Waals surface area contributed by atoms with Crippen LogP contribution >= 0.6 is 11.6 Å². The predicted octanol–water partition coefficient (Wildman–Crippen LogP) is 4.74. The summed E-state index contributed by atoms with van der Waals surface area (Å²) in [5, 5.41) is 3.64. The molecule has 0 saturated carbocycles. The van der Waals surface area contributed by atoms with Crippen molar-refractivity contribution in [3.63, 3.8) is 0 Å². The van der Waals surface area contributed by atoms with Crippen LogP contribution in [0.5, 0.6) is 0 Å². The number of carbonyl (C=O) groups excluding carboxylic acids is 1. The summed E-state index contributed by atoms with van der Waals surface area (Å²) in [7, 11) is 0. The van der Waals surface area contributed by atoms with Crippen molar-refractivity contribution in [1.82, 2.24) is 0 Å². The summed E-state index contributed by atoms with van der Waals surface area (Å²) in [6, 6.07) is 5.64. The van der Waals surface area contributed by atoms with E-state index in [0.29, 0.717) is 5.02 Å². The van der Waals surface area contributed by atoms with Gasteiger partial charge in [0.15, 0.2) is 0 Å². The standard InChI is InChI=1S/C15H20ClNO/c1-2-3-4-5-6-7-12-13-10-11(16)8-9-14(13)17-15(12)18/h8-10,12H,2-7H2,1H3,(H,17,18). The summed E-state index contributed by atoms with van der Waals surface area (Å²) in [6.07, 6.45) is 7.08. The number of unbranched alkanes of at least 4 members (excludes halogenated alkanes) is 4. The van der Waals surface area contributed by atoms with Gasteiger partial charge in [-0.15, -0.1) is 0 Å². The number of halogens is 1. The van der Waals surface area contributed by atoms with Gasteiger partial charge in [-0.05, 0) is 30.2 Å². The Hall–Kier alpha value is -1.02. The smallest absolute Gasteiger partial charge is 0.232 e. The molecule has 1 aliphatic rings. The molecule has 1 aromatic rings. The zero-order valence-corrected chi connectivity index (χ0v) is 11.6. The highest BCUT2D eigenvalue weighted by atomic mass is 35.5. The Morgan fingerprint density at radius 2 is 2.00 bits per heavy atom. The van der Waals surface area contributed by atoms with Crippen molar-refractivity contribution in [2.24, 2.45) is 0 Å². The number of nitrogens with one attached hydrogen (secondary N) is 1. The molecule has 1 N–H and O–H groups in total. The average molecular weight is 266 g/mol. The Kier molecular flexibility index (Phi) is 4.65. The first-order valence-corrected chi connectivity index (χ1v) is 7.20. The predicted molar refractivity (Wildman–Crippen MR) is 76.2 cm³/mol. The van der Waals surface area contributed by atoms with Crippen LogP contribution in [0.15, 0.2) is 18.2 Å². The molecule has 1 atom stereocenters. The number of hydrogen-bond acceptors (Lipinski definition) is 1. The van der Waals surface area contributed by atoms with Gasteiger partial charge in [-0.3, -0.25) is 4.79 Å². The van der Waals surface area contributed by atoms with E-state index in [-0.39, 0.29) is 11.8 Å². The maximum atomic E-state index is 11.9. The molecule has 18 heavy (non-hydrogen) atoms. The third kappa shape index (κ3) is 3.05. The Morgan fingerprint density at radius 3 is 2.78 bits per heavy atom. The molecule has 2 rings (SSSR count). The summed E-state index contributed by atoms with van der Waals surface area (Å²) in [5.74, 6) is 0.128. The fraction of sp³-hybridized carbons (Fsp3) is 0.533. The first-order valence-electron chi connectivity index (χ1n) is 6.82. The fourth-order valence-corrected chi connectivity index (χ4v) is 2.72. The Labute approximate surface area is 114 Å². The van der Waals surface area contributed by atoms with Gasteiger partial charge in [0.1, 0.15) is 0 Å². The van der Waals surface area contributed by atoms with E-state index >= 15 is 0 Å². The summed E-state index contributed by atoms with van der Waals surface area (Å²) in [4.78, 5) is 11.9. The molecular weight excluding hydrogens is 246 g/mol. The van der Waals surface area contributed by atoms with Crippen molar-refractivity contribution >= 4 is 23.2 Å². The third-order valence-electron chi connectivity index (χ3n) is 3.56. The zero-order chi connectivity index (χ0) is 13.0. The second-order valence-corrected chi connectivity index (χ2v) is 5.41. The van der Waals surface area contributed by atoms with E-state index in [9.17, 15) is 4.79 Å². The van der Waals surface area contributed by atoms with Gasteiger partial charge in [0.2, 0.25) is 5.91 Å². The number of rotatable bonds is 6. The molecule has 0 aromatic heterocycles. The van der Waals surface area contributed by atoms with Crippen LogP contribution < -0.4 is 5.32 Å². The van der Waals surface area contributed by atoms with Crippen LogP contribution in [-0.2, 0) is 4.79 Å². The molecule has 2 nitrogen and oxygen atoms in total. The van der Waals surface area contributed by atoms with Crippen molar-refractivity contribution in [1.29, 1.82) is 0 Å². The van der Waals surface area contributed by atoms with Gasteiger partial charge in [0.05, 0.1) is 5.92 Å². The second kappa shape index (κ2) is 6.24. The van der Waals surface area contributed by atoms with Crippen LogP contribution in [0.1, 0.15) is 56.9 Å². The largest absolute Gasteiger partial charge is 0.325 e. The monoisotopic (exact) mass is 265 g/mol. The minimum Gasteiger partial charge on any atom is -0.325 e. The zero-order valence-electron chi connectivity index (χ0n) is 10.8. The molecular formula is C15H20ClNO. The van der Waals surface area contributed by atoms with E-state index < -0.39 is 0 Å². The molecule has 1 aliphatic heterocycles. The summed E-state index contributed by atoms with van der Waals surface area (Å²) in [6.45, 7) is 2.21. The quantitative estimate of drug-likeness (QED) is 0.740. The van der Waals surface area contributed by atoms with Gasteiger partial charge < -0.3 is 5.32 Å². The highest BCUT2D eigenvalue weighted by Gasteiger charge is 2.29. The van der Waals surface area contributed by atoms with E-state index in [0.717, 1.165) is 24.1 Å². The molecule has 98 valence electrons. The highest BCUT2D eigenvalue weighted by Crippen LogP contribution is 2.37. The van der Waals surface area contributed by atoms with Crippen LogP contribution in [0, 0.1) is 0 Å². The molecule has 0 bridgehead atoms. The average Bonchev–Trinajstić information content (AvgIpc) is 2.65. The lowest BCUT2D eigenvalue weighted by Crippen LogP contribution is -2.11. The lowest BCUT2D eigenvalue weighted by atomic mass is 9.94. The van der Waals surface area contributed by atoms with Gasteiger partial charge >= 0.3 is 0 Å². The maximum Gasteiger partial charge on any atom is 0.232 e. The molecule has 0 spiro atoms. The van der Waals surface area contributed by atoms with Crippen molar-refractivity contribution in [2.75, 3.05) is 5.32 Å². The molecule has 1 heterocycles. The van der Waals surface area contributed by atoms with E-state index in [1.54, 1.807) is 0 Å². The van der Waals surface area contributed by atoms with Crippen molar-refractivity contribution in [3.8, 4) is 0 Å². The van der Waals surface area contributed by atoms with E-state index in [2.05, 4.69) is 12.2 Å². The number of fused-ring (bicyclic) bond motifs is 1. The lowest BCUT2D eigenvalue weighted by molar-refractivity contribution is -0.117. The Bertz CT molecular complexity index is 431. The van der Waals surface area contributed by atoms with Crippen molar-refractivity contribution in [3.05, 3.63) is 28.8 Å². The Morgan fingerprint density at radius 1 is 1.22 bits per heavy atom. The van der Waals surface area contributed by atoms with Gasteiger partial charge in [-0.2, -0.15) is 0 Å². The van der Waals surface area contributed by atoms with E-state index in [1.807, 2.05) is 18.2 Å². The van der Waals surface area contributed by atoms with E-state index in [1.165, 1.54) is 25.7 Å². The topological polar surface area (TPSA) is 29.1 Å². The van der Waals surface area contributed by atoms with E-state index in [4.69, 9.17) is 11.6 Å². The van der Waals surface area contributed by atoms with Crippen LogP contribution in [0.4, 0.5) is 5.69 Å². The number of anilines is 1. The molecule has 0 radical (unpaired) electrons. The summed E-state index contributed by atoms with van der Waals surface area (Å²) >= 11 is 6.00. The fourth-order valence-electron chi connectivity index (χ4n) is 2.54. The minimum absolute atomic E-state index is 0.000302. The van der Waals surface area contributed by atoms with Gasteiger partial charge in [0.25, 0.3) is 0 Å². The Balaban J connectivity index is 1.93. The first kappa shape index (κ1) is 13.4. The third-order valence-corrected chi connectivity index (χ3v) is 3.79. The molecule has 3 heteroatoms. The molecule has 1 aromatic carbocycles. The maximum absolute atomic E-state index is 11.9. The molecule has 0 fully saturated rings. The normalized spacial score (nSPS) is 17.7. The van der Waals surface area contributed by atoms with Crippen LogP contribution in [-0.4, -0.2) is 5.91 Å². The minimum atomic E-state index is 0.000302. The van der Waals surface area contributed by atoms with Gasteiger partial charge in [-0.1, -0.05) is 50.6 Å². The molecule has 0 aliphatic carbocycles. The van der Waals surface area contributed by atoms with Crippen molar-refractivity contribution in [2.45, 2.75) is 51.4 Å². The number of carbonyl (C=O) groups is 1. The number of benzene rings is 1. The highest BCUT2D eigenvalue weighted by molar-refractivity contribution is 6.31. The van der Waals surface area contributed by atoms with Gasteiger partial charge in [0, 0.05) is 10.7 Å². The molecule has 0 saturated heterocycles. The number of amides is 1. The lowest BCUT2D eigenvalue weighted by Gasteiger charge is -2.08. The summed E-state index contributed by atoms with van der Waals surface area (Å²) < 4.78 is 0. The number of hydrogen-bond donors (Lipinski definition) is 1. The second-order valence-electron chi connectivity index (χ2n) is 4.98. The van der Waals surface area contributed by atoms with Crippen LogP contribution in [0.2, 0.25) is 5.02 Å². The van der Waals surface area contributed by atoms with Crippen molar-refractivity contribution < 1.29 is 4.79 Å². The van der Waals surface area contributed by atoms with Crippen LogP contribution in [0.25, 0.3) is 0 Å². The molecule has 1 unspecified atom stereocenters. The van der Waals surface area contributed by atoms with Crippen LogP contribution in [0.3, 0.4) is 0 Å². The summed E-state index contributed by atoms with van der Waals surface area (Å²) in [5.41, 5.74) is 2.01. The first-order chi connectivity index (χ1) is 8.72.